The summed E-state index contributed by atoms with van der Waals surface area (Å²) >= 11 is 0. The molecule has 3 nitrogen and oxygen atoms in total. The molecule has 0 bridgehead atoms. The second-order valence-electron chi connectivity index (χ2n) is 1.96. The van der Waals surface area contributed by atoms with Crippen molar-refractivity contribution in [3.8, 4) is 0 Å². The Morgan fingerprint density at radius 3 is 2.00 bits per heavy atom. The van der Waals surface area contributed by atoms with E-state index in [1.807, 2.05) is 0 Å². The number of carbonyl (C=O) groups excluding carboxylic acids is 2. The van der Waals surface area contributed by atoms with Gasteiger partial charge in [-0.3, -0.25) is 9.59 Å². The summed E-state index contributed by atoms with van der Waals surface area (Å²) in [6, 6.07) is 0. The zero-order valence-electron chi connectivity index (χ0n) is 6.30. The van der Waals surface area contributed by atoms with Gasteiger partial charge in [0.25, 0.3) is 0 Å². The van der Waals surface area contributed by atoms with Gasteiger partial charge in [-0.1, -0.05) is 0 Å². The Kier molecular flexibility index (Phi) is 3.39. The molecule has 0 N–H and O–H groups in total. The minimum atomic E-state index is -0.407. The van der Waals surface area contributed by atoms with Gasteiger partial charge in [-0.05, 0) is 13.8 Å². The molecule has 0 rings (SSSR count). The molecule has 0 atom stereocenters. The SMILES string of the molecule is CC(=O)/C=C(\C)OC(C)=O. The Balaban J connectivity index is 3.95. The molecule has 0 unspecified atom stereocenters. The number of rotatable bonds is 2. The van der Waals surface area contributed by atoms with Crippen LogP contribution < -0.4 is 0 Å². The van der Waals surface area contributed by atoms with E-state index < -0.39 is 5.97 Å². The largest absolute Gasteiger partial charge is 0.431 e. The van der Waals surface area contributed by atoms with E-state index in [2.05, 4.69) is 4.74 Å². The van der Waals surface area contributed by atoms with Crippen molar-refractivity contribution in [1.82, 2.24) is 0 Å². The summed E-state index contributed by atoms with van der Waals surface area (Å²) in [5, 5.41) is 0. The van der Waals surface area contributed by atoms with Gasteiger partial charge in [0.05, 0.1) is 0 Å². The fourth-order valence-corrected chi connectivity index (χ4v) is 0.542. The van der Waals surface area contributed by atoms with Crippen molar-refractivity contribution in [2.24, 2.45) is 0 Å². The summed E-state index contributed by atoms with van der Waals surface area (Å²) in [7, 11) is 0. The Labute approximate surface area is 59.7 Å². The maximum absolute atomic E-state index is 10.4. The van der Waals surface area contributed by atoms with E-state index in [1.54, 1.807) is 6.92 Å². The minimum absolute atomic E-state index is 0.126. The number of carbonyl (C=O) groups is 2. The topological polar surface area (TPSA) is 43.4 Å². The Morgan fingerprint density at radius 1 is 1.20 bits per heavy atom. The maximum atomic E-state index is 10.4. The molecule has 56 valence electrons. The van der Waals surface area contributed by atoms with Gasteiger partial charge in [0.15, 0.2) is 5.78 Å². The van der Waals surface area contributed by atoms with Gasteiger partial charge in [-0.25, -0.2) is 0 Å². The summed E-state index contributed by atoms with van der Waals surface area (Å²) < 4.78 is 4.56. The van der Waals surface area contributed by atoms with Crippen molar-refractivity contribution < 1.29 is 14.3 Å². The van der Waals surface area contributed by atoms with Crippen LogP contribution in [0.25, 0.3) is 0 Å². The van der Waals surface area contributed by atoms with Crippen LogP contribution >= 0.6 is 0 Å². The first-order chi connectivity index (χ1) is 4.52. The number of esters is 1. The van der Waals surface area contributed by atoms with Crippen molar-refractivity contribution in [2.75, 3.05) is 0 Å². The molecule has 0 aromatic heterocycles. The van der Waals surface area contributed by atoms with Crippen molar-refractivity contribution in [3.05, 3.63) is 11.8 Å². The first-order valence-corrected chi connectivity index (χ1v) is 2.89. The summed E-state index contributed by atoms with van der Waals surface area (Å²) in [4.78, 5) is 20.6. The lowest BCUT2D eigenvalue weighted by Crippen LogP contribution is -1.97. The van der Waals surface area contributed by atoms with Gasteiger partial charge < -0.3 is 4.74 Å². The summed E-state index contributed by atoms with van der Waals surface area (Å²) in [5.41, 5.74) is 0. The molecule has 0 fully saturated rings. The number of hydrogen-bond acceptors (Lipinski definition) is 3. The van der Waals surface area contributed by atoms with E-state index in [0.717, 1.165) is 0 Å². The average Bonchev–Trinajstić information content (AvgIpc) is 1.58. The third kappa shape index (κ3) is 5.03. The molecule has 0 aliphatic heterocycles. The molecule has 0 radical (unpaired) electrons. The fourth-order valence-electron chi connectivity index (χ4n) is 0.542. The van der Waals surface area contributed by atoms with Gasteiger partial charge in [0, 0.05) is 13.0 Å². The molecule has 0 aromatic rings. The average molecular weight is 142 g/mol. The van der Waals surface area contributed by atoms with E-state index in [1.165, 1.54) is 19.9 Å². The zero-order valence-corrected chi connectivity index (χ0v) is 6.30. The van der Waals surface area contributed by atoms with Crippen LogP contribution in [0.1, 0.15) is 20.8 Å². The molecule has 0 saturated heterocycles. The van der Waals surface area contributed by atoms with E-state index in [4.69, 9.17) is 0 Å². The third-order valence-corrected chi connectivity index (χ3v) is 0.711. The van der Waals surface area contributed by atoms with Crippen LogP contribution in [0.15, 0.2) is 11.8 Å². The van der Waals surface area contributed by atoms with Crippen LogP contribution in [0.3, 0.4) is 0 Å². The summed E-state index contributed by atoms with van der Waals surface area (Å²) in [5.74, 6) is -0.200. The maximum Gasteiger partial charge on any atom is 0.307 e. The quantitative estimate of drug-likeness (QED) is 0.328. The van der Waals surface area contributed by atoms with E-state index in [0.29, 0.717) is 5.76 Å². The summed E-state index contributed by atoms with van der Waals surface area (Å²) in [6.45, 7) is 4.24. The van der Waals surface area contributed by atoms with Crippen molar-refractivity contribution in [1.29, 1.82) is 0 Å². The molecule has 0 amide bonds. The van der Waals surface area contributed by atoms with Crippen LogP contribution in [0.5, 0.6) is 0 Å². The molecule has 0 aliphatic carbocycles. The van der Waals surface area contributed by atoms with Crippen LogP contribution in [0.2, 0.25) is 0 Å². The Morgan fingerprint density at radius 2 is 1.70 bits per heavy atom. The zero-order chi connectivity index (χ0) is 8.15. The molecule has 10 heavy (non-hydrogen) atoms. The molecule has 0 aliphatic rings. The first kappa shape index (κ1) is 8.88. The number of ether oxygens (including phenoxy) is 1. The summed E-state index contributed by atoms with van der Waals surface area (Å²) in [6.07, 6.45) is 1.27. The highest BCUT2D eigenvalue weighted by atomic mass is 16.5. The number of hydrogen-bond donors (Lipinski definition) is 0. The molecule has 0 heterocycles. The predicted octanol–water partition coefficient (Wildman–Crippen LogP) is 1.04. The highest BCUT2D eigenvalue weighted by Crippen LogP contribution is 1.94. The molecule has 3 heteroatoms. The molecular formula is C7H10O3. The van der Waals surface area contributed by atoms with Gasteiger partial charge in [0.1, 0.15) is 5.76 Å². The van der Waals surface area contributed by atoms with E-state index in [-0.39, 0.29) is 5.78 Å². The Hall–Kier alpha value is -1.12. The van der Waals surface area contributed by atoms with Crippen molar-refractivity contribution in [3.63, 3.8) is 0 Å². The molecule has 0 saturated carbocycles. The lowest BCUT2D eigenvalue weighted by molar-refractivity contribution is -0.136. The highest BCUT2D eigenvalue weighted by molar-refractivity contribution is 5.87. The lowest BCUT2D eigenvalue weighted by atomic mass is 10.4. The minimum Gasteiger partial charge on any atom is -0.431 e. The fraction of sp³-hybridized carbons (Fsp3) is 0.429. The van der Waals surface area contributed by atoms with E-state index >= 15 is 0 Å². The smallest absolute Gasteiger partial charge is 0.307 e. The second kappa shape index (κ2) is 3.82. The van der Waals surface area contributed by atoms with Gasteiger partial charge in [-0.15, -0.1) is 0 Å². The van der Waals surface area contributed by atoms with Crippen LogP contribution in [-0.2, 0) is 14.3 Å². The second-order valence-corrected chi connectivity index (χ2v) is 1.96. The molecular weight excluding hydrogens is 132 g/mol. The van der Waals surface area contributed by atoms with Crippen molar-refractivity contribution >= 4 is 11.8 Å². The Bertz CT molecular complexity index is 179. The van der Waals surface area contributed by atoms with Gasteiger partial charge in [-0.2, -0.15) is 0 Å². The molecule has 0 aromatic carbocycles. The predicted molar refractivity (Wildman–Crippen MR) is 36.2 cm³/mol. The highest BCUT2D eigenvalue weighted by Gasteiger charge is 1.95. The van der Waals surface area contributed by atoms with Crippen LogP contribution in [-0.4, -0.2) is 11.8 Å². The third-order valence-electron chi connectivity index (χ3n) is 0.711. The van der Waals surface area contributed by atoms with Gasteiger partial charge >= 0.3 is 5.97 Å². The van der Waals surface area contributed by atoms with Crippen LogP contribution in [0.4, 0.5) is 0 Å². The standard InChI is InChI=1S/C7H10O3/c1-5(8)4-6(2)10-7(3)9/h4H,1-3H3/b6-4+. The van der Waals surface area contributed by atoms with Gasteiger partial charge in [0.2, 0.25) is 0 Å². The normalized spacial score (nSPS) is 10.9. The first-order valence-electron chi connectivity index (χ1n) is 2.89. The van der Waals surface area contributed by atoms with E-state index in [9.17, 15) is 9.59 Å². The lowest BCUT2D eigenvalue weighted by Gasteiger charge is -1.97. The van der Waals surface area contributed by atoms with Crippen molar-refractivity contribution in [2.45, 2.75) is 20.8 Å². The monoisotopic (exact) mass is 142 g/mol. The number of ketones is 1. The van der Waals surface area contributed by atoms with Crippen LogP contribution in [0, 0.1) is 0 Å². The number of allylic oxidation sites excluding steroid dienone is 2. The molecule has 0 spiro atoms.